The number of rotatable bonds is 22. The van der Waals surface area contributed by atoms with Gasteiger partial charge in [0.25, 0.3) is 0 Å². The van der Waals surface area contributed by atoms with Gasteiger partial charge in [0, 0.05) is 19.9 Å². The highest BCUT2D eigenvalue weighted by atomic mass is 16.4. The van der Waals surface area contributed by atoms with Crippen molar-refractivity contribution >= 4 is 41.4 Å². The lowest BCUT2D eigenvalue weighted by molar-refractivity contribution is -0.142. The van der Waals surface area contributed by atoms with E-state index in [0.717, 1.165) is 32.1 Å². The van der Waals surface area contributed by atoms with Crippen LogP contribution in [0.15, 0.2) is 42.5 Å². The predicted molar refractivity (Wildman–Crippen MR) is 201 cm³/mol. The van der Waals surface area contributed by atoms with Gasteiger partial charge in [0.05, 0.1) is 0 Å². The third-order valence-electron chi connectivity index (χ3n) is 9.04. The smallest absolute Gasteiger partial charge is 0.326 e. The summed E-state index contributed by atoms with van der Waals surface area (Å²) in [6, 6.07) is 2.60. The number of nitrogens with one attached hydrogen (secondary N) is 6. The summed E-state index contributed by atoms with van der Waals surface area (Å²) >= 11 is 0. The lowest BCUT2D eigenvalue weighted by atomic mass is 9.84. The Kier molecular flexibility index (Phi) is 19.9. The van der Waals surface area contributed by atoms with Gasteiger partial charge in [-0.1, -0.05) is 82.4 Å². The Morgan fingerprint density at radius 1 is 0.778 bits per heavy atom. The quantitative estimate of drug-likeness (QED) is 0.0585. The third kappa shape index (κ3) is 17.3. The molecule has 1 aliphatic carbocycles. The predicted octanol–water partition coefficient (Wildman–Crippen LogP) is 0.524. The van der Waals surface area contributed by atoms with Crippen LogP contribution in [0.3, 0.4) is 0 Å². The Morgan fingerprint density at radius 3 is 1.91 bits per heavy atom. The number of carbonyl (C=O) groups excluding carboxylic acids is 6. The van der Waals surface area contributed by atoms with Crippen molar-refractivity contribution in [2.24, 2.45) is 17.6 Å². The Bertz CT molecular complexity index is 1430. The summed E-state index contributed by atoms with van der Waals surface area (Å²) in [6.45, 7) is 6.12. The molecule has 1 unspecified atom stereocenters. The fraction of sp³-hybridized carbons (Fsp3) is 0.605. The molecule has 0 spiro atoms. The maximum absolute atomic E-state index is 14.0. The zero-order chi connectivity index (χ0) is 40.2. The van der Waals surface area contributed by atoms with Gasteiger partial charge in [-0.3, -0.25) is 28.8 Å². The Labute approximate surface area is 317 Å². The van der Waals surface area contributed by atoms with Gasteiger partial charge in [-0.25, -0.2) is 4.79 Å². The van der Waals surface area contributed by atoms with E-state index < -0.39 is 77.8 Å². The molecule has 1 saturated carbocycles. The van der Waals surface area contributed by atoms with Crippen molar-refractivity contribution in [3.8, 4) is 0 Å². The Morgan fingerprint density at radius 2 is 1.33 bits per heavy atom. The molecule has 0 saturated heterocycles. The zero-order valence-electron chi connectivity index (χ0n) is 31.8. The maximum Gasteiger partial charge on any atom is 0.326 e. The van der Waals surface area contributed by atoms with Gasteiger partial charge in [-0.15, -0.1) is 0 Å². The minimum atomic E-state index is -1.42. The largest absolute Gasteiger partial charge is 0.480 e. The normalized spacial score (nSPS) is 16.6. The van der Waals surface area contributed by atoms with E-state index in [2.05, 4.69) is 31.9 Å². The van der Waals surface area contributed by atoms with Crippen LogP contribution in [0.25, 0.3) is 0 Å². The number of aliphatic hydroxyl groups is 1. The fourth-order valence-electron chi connectivity index (χ4n) is 6.30. The molecule has 6 atom stereocenters. The number of aliphatic hydroxyl groups excluding tert-OH is 1. The minimum absolute atomic E-state index is 0.00338. The van der Waals surface area contributed by atoms with Crippen LogP contribution in [0, 0.1) is 11.8 Å². The van der Waals surface area contributed by atoms with Crippen molar-refractivity contribution in [1.82, 2.24) is 31.9 Å². The molecule has 1 aromatic carbocycles. The molecule has 0 aromatic heterocycles. The molecule has 2 rings (SSSR count). The standard InChI is InChI=1S/C38H59N7O9/c1-5-12-33(48)40-22-31(37(52)42-28(19-23(2)3)35(50)44-30(38(53)54)21-26-15-10-7-11-16-26)45-36(51)29(20-25-13-8-6-9-14-25)43-34(49)27(41-24(4)46)17-18-32(39)47/h5,7,10-12,15-16,23,25,27-32,47H,6,8-9,13-14,17-22,39H2,1-4H3,(H,40,48)(H,41,46)(H,42,52)(H,43,49)(H,44,50)(H,45,51)(H,53,54)/b12-5+/t27-,28-,29-,30-,31-,32?/m0/s1. The average molecular weight is 758 g/mol. The van der Waals surface area contributed by atoms with Crippen molar-refractivity contribution < 1.29 is 43.8 Å². The van der Waals surface area contributed by atoms with Crippen LogP contribution < -0.4 is 37.6 Å². The first-order valence-electron chi connectivity index (χ1n) is 18.7. The van der Waals surface area contributed by atoms with Crippen molar-refractivity contribution in [1.29, 1.82) is 0 Å². The lowest BCUT2D eigenvalue weighted by Crippen LogP contribution is -2.61. The van der Waals surface area contributed by atoms with Crippen molar-refractivity contribution in [3.63, 3.8) is 0 Å². The Hall–Kier alpha value is -4.83. The highest BCUT2D eigenvalue weighted by Crippen LogP contribution is 2.27. The molecule has 1 aromatic rings. The minimum Gasteiger partial charge on any atom is -0.480 e. The van der Waals surface area contributed by atoms with Crippen molar-refractivity contribution in [2.75, 3.05) is 6.54 Å². The zero-order valence-corrected chi connectivity index (χ0v) is 31.8. The second-order valence-corrected chi connectivity index (χ2v) is 14.3. The van der Waals surface area contributed by atoms with Crippen LogP contribution in [0.2, 0.25) is 0 Å². The van der Waals surface area contributed by atoms with Crippen molar-refractivity contribution in [3.05, 3.63) is 48.0 Å². The number of carboxylic acid groups (broad SMARTS) is 1. The first kappa shape index (κ1) is 45.3. The summed E-state index contributed by atoms with van der Waals surface area (Å²) < 4.78 is 0. The molecule has 1 fully saturated rings. The molecular weight excluding hydrogens is 698 g/mol. The number of benzene rings is 1. The molecule has 0 aliphatic heterocycles. The topological polar surface area (TPSA) is 258 Å². The van der Waals surface area contributed by atoms with Gasteiger partial charge in [0.15, 0.2) is 0 Å². The number of aliphatic carboxylic acids is 1. The summed E-state index contributed by atoms with van der Waals surface area (Å²) in [5.41, 5.74) is 6.15. The highest BCUT2D eigenvalue weighted by Gasteiger charge is 2.34. The molecule has 0 heterocycles. The highest BCUT2D eigenvalue weighted by molar-refractivity contribution is 5.96. The molecule has 300 valence electrons. The number of hydrogen-bond acceptors (Lipinski definition) is 9. The Balaban J connectivity index is 2.36. The van der Waals surface area contributed by atoms with E-state index in [1.54, 1.807) is 37.3 Å². The fourth-order valence-corrected chi connectivity index (χ4v) is 6.30. The summed E-state index contributed by atoms with van der Waals surface area (Å²) in [4.78, 5) is 91.4. The summed E-state index contributed by atoms with van der Waals surface area (Å²) in [5.74, 6) is -5.31. The van der Waals surface area contributed by atoms with E-state index in [-0.39, 0.29) is 50.5 Å². The van der Waals surface area contributed by atoms with Crippen LogP contribution >= 0.6 is 0 Å². The van der Waals surface area contributed by atoms with E-state index >= 15 is 0 Å². The van der Waals surface area contributed by atoms with Gasteiger partial charge >= 0.3 is 5.97 Å². The van der Waals surface area contributed by atoms with Gasteiger partial charge in [0.2, 0.25) is 35.4 Å². The van der Waals surface area contributed by atoms with E-state index in [9.17, 15) is 43.8 Å². The number of allylic oxidation sites excluding steroid dienone is 1. The van der Waals surface area contributed by atoms with E-state index in [0.29, 0.717) is 5.56 Å². The SMILES string of the molecule is C/C=C/C(=O)NC[C@H](NC(=O)[C@H](CC1CCCCC1)NC(=O)[C@H](CCC(N)O)NC(C)=O)C(=O)N[C@@H](CC(C)C)C(=O)N[C@@H](Cc1ccccc1)C(=O)O. The van der Waals surface area contributed by atoms with Gasteiger partial charge < -0.3 is 47.8 Å². The molecule has 54 heavy (non-hydrogen) atoms. The third-order valence-corrected chi connectivity index (χ3v) is 9.04. The molecule has 6 amide bonds. The van der Waals surface area contributed by atoms with Crippen LogP contribution in [0.1, 0.15) is 91.0 Å². The second-order valence-electron chi connectivity index (χ2n) is 14.3. The van der Waals surface area contributed by atoms with Crippen molar-refractivity contribution in [2.45, 2.75) is 128 Å². The average Bonchev–Trinajstić information content (AvgIpc) is 3.11. The number of hydrogen-bond donors (Lipinski definition) is 9. The van der Waals surface area contributed by atoms with Gasteiger partial charge in [-0.2, -0.15) is 0 Å². The molecule has 16 nitrogen and oxygen atoms in total. The summed E-state index contributed by atoms with van der Waals surface area (Å²) in [7, 11) is 0. The molecule has 16 heteroatoms. The molecule has 1 aliphatic rings. The van der Waals surface area contributed by atoms with Crippen LogP contribution in [0.4, 0.5) is 0 Å². The van der Waals surface area contributed by atoms with Gasteiger partial charge in [-0.05, 0) is 56.1 Å². The molecule has 10 N–H and O–H groups in total. The number of amides is 6. The second kappa shape index (κ2) is 23.8. The number of nitrogens with two attached hydrogens (primary N) is 1. The first-order chi connectivity index (χ1) is 25.6. The molecular formula is C38H59N7O9. The van der Waals surface area contributed by atoms with E-state index in [4.69, 9.17) is 5.73 Å². The first-order valence-corrected chi connectivity index (χ1v) is 18.7. The van der Waals surface area contributed by atoms with Crippen LogP contribution in [-0.2, 0) is 40.0 Å². The lowest BCUT2D eigenvalue weighted by Gasteiger charge is -2.30. The van der Waals surface area contributed by atoms with Crippen LogP contribution in [0.5, 0.6) is 0 Å². The van der Waals surface area contributed by atoms with E-state index in [1.807, 2.05) is 13.8 Å². The number of carboxylic acids is 1. The number of carbonyl (C=O) groups is 7. The summed E-state index contributed by atoms with van der Waals surface area (Å²) in [6.07, 6.45) is 6.45. The van der Waals surface area contributed by atoms with E-state index in [1.165, 1.54) is 19.1 Å². The maximum atomic E-state index is 14.0. The molecule has 0 bridgehead atoms. The summed E-state index contributed by atoms with van der Waals surface area (Å²) in [5, 5.41) is 35.1. The van der Waals surface area contributed by atoms with Crippen LogP contribution in [-0.4, -0.2) is 94.6 Å². The monoisotopic (exact) mass is 757 g/mol. The molecule has 0 radical (unpaired) electrons. The van der Waals surface area contributed by atoms with Gasteiger partial charge in [0.1, 0.15) is 36.4 Å².